The molecule has 0 radical (unpaired) electrons. The molecule has 0 saturated carbocycles. The molecule has 2 heterocycles. The van der Waals surface area contributed by atoms with Crippen LogP contribution in [0.5, 0.6) is 0 Å². The van der Waals surface area contributed by atoms with Crippen molar-refractivity contribution in [2.24, 2.45) is 0 Å². The molecule has 0 aliphatic carbocycles. The highest BCUT2D eigenvalue weighted by atomic mass is 32.1. The van der Waals surface area contributed by atoms with Crippen LogP contribution in [0.3, 0.4) is 0 Å². The second-order valence-corrected chi connectivity index (χ2v) is 7.02. The summed E-state index contributed by atoms with van der Waals surface area (Å²) in [6.07, 6.45) is 4.61. The predicted molar refractivity (Wildman–Crippen MR) is 88.5 cm³/mol. The predicted octanol–water partition coefficient (Wildman–Crippen LogP) is 3.30. The summed E-state index contributed by atoms with van der Waals surface area (Å²) in [5.74, 6) is 0.286. The molecule has 1 aromatic rings. The third-order valence-corrected chi connectivity index (χ3v) is 5.01. The van der Waals surface area contributed by atoms with Crippen LogP contribution in [0.2, 0.25) is 0 Å². The van der Waals surface area contributed by atoms with Gasteiger partial charge in [0, 0.05) is 31.0 Å². The minimum Gasteiger partial charge on any atom is -0.376 e. The van der Waals surface area contributed by atoms with Crippen LogP contribution in [-0.2, 0) is 16.0 Å². The van der Waals surface area contributed by atoms with Crippen molar-refractivity contribution < 1.29 is 14.3 Å². The van der Waals surface area contributed by atoms with Crippen LogP contribution < -0.4 is 0 Å². The Morgan fingerprint density at radius 3 is 2.95 bits per heavy atom. The van der Waals surface area contributed by atoms with Crippen molar-refractivity contribution in [2.75, 3.05) is 19.7 Å². The number of unbranched alkanes of at least 4 members (excludes halogenated alkanes) is 1. The Balaban J connectivity index is 1.83. The number of nitrogens with zero attached hydrogens (tertiary/aromatic N) is 1. The third kappa shape index (κ3) is 4.92. The third-order valence-electron chi connectivity index (χ3n) is 3.88. The maximum Gasteiger partial charge on any atom is 0.264 e. The second kappa shape index (κ2) is 8.44. The highest BCUT2D eigenvalue weighted by molar-refractivity contribution is 7.14. The Kier molecular flexibility index (Phi) is 6.58. The number of rotatable bonds is 8. The van der Waals surface area contributed by atoms with Crippen LogP contribution in [0.25, 0.3) is 0 Å². The molecule has 0 spiro atoms. The van der Waals surface area contributed by atoms with Crippen molar-refractivity contribution in [3.8, 4) is 0 Å². The lowest BCUT2D eigenvalue weighted by Crippen LogP contribution is -2.29. The molecule has 1 saturated heterocycles. The molecular formula is C17H25NO3S. The van der Waals surface area contributed by atoms with E-state index in [1.165, 1.54) is 11.3 Å². The molecule has 1 aromatic heterocycles. The van der Waals surface area contributed by atoms with Crippen molar-refractivity contribution >= 4 is 23.0 Å². The fourth-order valence-corrected chi connectivity index (χ4v) is 3.50. The lowest BCUT2D eigenvalue weighted by Gasteiger charge is -2.15. The van der Waals surface area contributed by atoms with Crippen LogP contribution in [0.1, 0.15) is 54.1 Å². The first kappa shape index (κ1) is 17.2. The van der Waals surface area contributed by atoms with Crippen molar-refractivity contribution in [3.05, 3.63) is 21.9 Å². The van der Waals surface area contributed by atoms with Gasteiger partial charge in [-0.2, -0.15) is 0 Å². The molecule has 0 N–H and O–H groups in total. The van der Waals surface area contributed by atoms with Gasteiger partial charge in [-0.25, -0.2) is 0 Å². The number of carbonyl (C=O) groups is 2. The Morgan fingerprint density at radius 1 is 1.41 bits per heavy atom. The van der Waals surface area contributed by atoms with Crippen LogP contribution >= 0.6 is 11.3 Å². The molecule has 2 rings (SSSR count). The van der Waals surface area contributed by atoms with Crippen LogP contribution in [0.15, 0.2) is 12.1 Å². The number of hydrogen-bond acceptors (Lipinski definition) is 4. The molecule has 1 fully saturated rings. The van der Waals surface area contributed by atoms with Gasteiger partial charge in [-0.15, -0.1) is 11.3 Å². The Bertz CT molecular complexity index is 512. The first-order chi connectivity index (χ1) is 10.6. The zero-order valence-corrected chi connectivity index (χ0v) is 14.3. The molecule has 1 atom stereocenters. The first-order valence-corrected chi connectivity index (χ1v) is 8.90. The molecule has 1 aliphatic rings. The standard InChI is InChI=1S/C17H25NO3S/c1-3-4-11-21-14-9-10-18(12-14)17(20)16-8-7-15(22-16)6-5-13(2)19/h7-8,14H,3-6,9-12H2,1-2H3. The van der Waals surface area contributed by atoms with Crippen LogP contribution in [-0.4, -0.2) is 42.4 Å². The van der Waals surface area contributed by atoms with Gasteiger partial charge in [-0.05, 0) is 38.3 Å². The summed E-state index contributed by atoms with van der Waals surface area (Å²) in [4.78, 5) is 27.3. The smallest absolute Gasteiger partial charge is 0.264 e. The molecule has 0 aromatic carbocycles. The maximum absolute atomic E-state index is 12.5. The number of likely N-dealkylation sites (tertiary alicyclic amines) is 1. The molecule has 1 aliphatic heterocycles. The summed E-state index contributed by atoms with van der Waals surface area (Å²) < 4.78 is 5.80. The lowest BCUT2D eigenvalue weighted by atomic mass is 10.2. The lowest BCUT2D eigenvalue weighted by molar-refractivity contribution is -0.116. The number of Topliss-reactive ketones (excluding diaryl/α,β-unsaturated/α-hetero) is 1. The minimum atomic E-state index is 0.0978. The van der Waals surface area contributed by atoms with E-state index >= 15 is 0 Å². The van der Waals surface area contributed by atoms with Crippen molar-refractivity contribution in [2.45, 2.75) is 52.1 Å². The molecule has 1 unspecified atom stereocenters. The zero-order valence-electron chi connectivity index (χ0n) is 13.5. The molecule has 22 heavy (non-hydrogen) atoms. The van der Waals surface area contributed by atoms with E-state index in [4.69, 9.17) is 4.74 Å². The Labute approximate surface area is 136 Å². The summed E-state index contributed by atoms with van der Waals surface area (Å²) in [5.41, 5.74) is 0. The van der Waals surface area contributed by atoms with E-state index in [-0.39, 0.29) is 17.8 Å². The Morgan fingerprint density at radius 2 is 2.23 bits per heavy atom. The summed E-state index contributed by atoms with van der Waals surface area (Å²) in [7, 11) is 0. The van der Waals surface area contributed by atoms with E-state index in [1.807, 2.05) is 17.0 Å². The number of carbonyl (C=O) groups excluding carboxylic acids is 2. The second-order valence-electron chi connectivity index (χ2n) is 5.85. The summed E-state index contributed by atoms with van der Waals surface area (Å²) in [6, 6.07) is 3.85. The normalized spacial score (nSPS) is 17.9. The van der Waals surface area contributed by atoms with E-state index in [2.05, 4.69) is 6.92 Å². The number of aryl methyl sites for hydroxylation is 1. The number of ether oxygens (including phenoxy) is 1. The van der Waals surface area contributed by atoms with Gasteiger partial charge < -0.3 is 14.4 Å². The zero-order chi connectivity index (χ0) is 15.9. The summed E-state index contributed by atoms with van der Waals surface area (Å²) in [6.45, 7) is 6.01. The van der Waals surface area contributed by atoms with Crippen molar-refractivity contribution in [1.82, 2.24) is 4.90 Å². The topological polar surface area (TPSA) is 46.6 Å². The molecule has 5 heteroatoms. The summed E-state index contributed by atoms with van der Waals surface area (Å²) >= 11 is 1.51. The molecular weight excluding hydrogens is 298 g/mol. The number of thiophene rings is 1. The first-order valence-electron chi connectivity index (χ1n) is 8.09. The average Bonchev–Trinajstić information content (AvgIpc) is 3.14. The van der Waals surface area contributed by atoms with Gasteiger partial charge >= 0.3 is 0 Å². The van der Waals surface area contributed by atoms with Gasteiger partial charge in [0.2, 0.25) is 0 Å². The summed E-state index contributed by atoms with van der Waals surface area (Å²) in [5, 5.41) is 0. The van der Waals surface area contributed by atoms with Crippen LogP contribution in [0, 0.1) is 0 Å². The Hall–Kier alpha value is -1.20. The highest BCUT2D eigenvalue weighted by Gasteiger charge is 2.28. The van der Waals surface area contributed by atoms with E-state index in [0.29, 0.717) is 13.0 Å². The maximum atomic E-state index is 12.5. The molecule has 4 nitrogen and oxygen atoms in total. The SMILES string of the molecule is CCCCOC1CCN(C(=O)c2ccc(CCC(C)=O)s2)C1. The van der Waals surface area contributed by atoms with E-state index in [9.17, 15) is 9.59 Å². The van der Waals surface area contributed by atoms with Crippen molar-refractivity contribution in [3.63, 3.8) is 0 Å². The quantitative estimate of drug-likeness (QED) is 0.690. The van der Waals surface area contributed by atoms with Crippen molar-refractivity contribution in [1.29, 1.82) is 0 Å². The van der Waals surface area contributed by atoms with Gasteiger partial charge in [-0.3, -0.25) is 4.79 Å². The van der Waals surface area contributed by atoms with Gasteiger partial charge in [0.25, 0.3) is 5.91 Å². The van der Waals surface area contributed by atoms with Gasteiger partial charge in [0.15, 0.2) is 0 Å². The highest BCUT2D eigenvalue weighted by Crippen LogP contribution is 2.23. The number of ketones is 1. The molecule has 0 bridgehead atoms. The average molecular weight is 323 g/mol. The van der Waals surface area contributed by atoms with Crippen LogP contribution in [0.4, 0.5) is 0 Å². The fourth-order valence-electron chi connectivity index (χ4n) is 2.53. The van der Waals surface area contributed by atoms with E-state index < -0.39 is 0 Å². The fraction of sp³-hybridized carbons (Fsp3) is 0.647. The van der Waals surface area contributed by atoms with E-state index in [0.717, 1.165) is 48.6 Å². The number of hydrogen-bond donors (Lipinski definition) is 0. The van der Waals surface area contributed by atoms with Gasteiger partial charge in [0.1, 0.15) is 5.78 Å². The molecule has 122 valence electrons. The monoisotopic (exact) mass is 323 g/mol. The van der Waals surface area contributed by atoms with Gasteiger partial charge in [0.05, 0.1) is 11.0 Å². The van der Waals surface area contributed by atoms with E-state index in [1.54, 1.807) is 6.92 Å². The largest absolute Gasteiger partial charge is 0.376 e. The van der Waals surface area contributed by atoms with Gasteiger partial charge in [-0.1, -0.05) is 13.3 Å². The minimum absolute atomic E-state index is 0.0978. The number of amides is 1. The molecule has 1 amide bonds.